The van der Waals surface area contributed by atoms with E-state index in [1.165, 1.54) is 22.8 Å². The molecule has 1 aromatic heterocycles. The third-order valence-electron chi connectivity index (χ3n) is 5.22. The van der Waals surface area contributed by atoms with E-state index in [0.717, 1.165) is 29.7 Å². The minimum absolute atomic E-state index is 0.268. The number of nitrogens with one attached hydrogen (secondary N) is 1. The van der Waals surface area contributed by atoms with Crippen LogP contribution in [-0.2, 0) is 19.4 Å². The van der Waals surface area contributed by atoms with Crippen molar-refractivity contribution in [1.29, 1.82) is 0 Å². The maximum atomic E-state index is 12.9. The molecule has 4 heteroatoms. The molecule has 1 aliphatic rings. The number of carbonyl (C=O) groups is 1. The van der Waals surface area contributed by atoms with E-state index in [-0.39, 0.29) is 18.3 Å². The molecule has 1 heterocycles. The molecular formula is C24H19NO3. The molecule has 0 saturated carbocycles. The Morgan fingerprint density at radius 2 is 1.75 bits per heavy atom. The summed E-state index contributed by atoms with van der Waals surface area (Å²) in [5.41, 5.74) is 4.21. The monoisotopic (exact) mass is 369 g/mol. The van der Waals surface area contributed by atoms with Gasteiger partial charge in [-0.15, -0.1) is 0 Å². The molecule has 1 N–H and O–H groups in total. The zero-order valence-corrected chi connectivity index (χ0v) is 15.3. The van der Waals surface area contributed by atoms with Gasteiger partial charge in [-0.3, -0.25) is 4.79 Å². The fourth-order valence-electron chi connectivity index (χ4n) is 3.86. The summed E-state index contributed by atoms with van der Waals surface area (Å²) in [5.74, 6) is 0.761. The van der Waals surface area contributed by atoms with Gasteiger partial charge in [0.05, 0.1) is 6.26 Å². The number of amides is 1. The molecule has 138 valence electrons. The van der Waals surface area contributed by atoms with Gasteiger partial charge < -0.3 is 14.5 Å². The van der Waals surface area contributed by atoms with Crippen molar-refractivity contribution < 1.29 is 13.9 Å². The van der Waals surface area contributed by atoms with E-state index >= 15 is 0 Å². The van der Waals surface area contributed by atoms with Gasteiger partial charge in [-0.1, -0.05) is 42.5 Å². The fourth-order valence-corrected chi connectivity index (χ4v) is 3.86. The quantitative estimate of drug-likeness (QED) is 0.515. The summed E-state index contributed by atoms with van der Waals surface area (Å²) < 4.78 is 11.2. The summed E-state index contributed by atoms with van der Waals surface area (Å²) in [6.45, 7) is 0.271. The lowest BCUT2D eigenvalue weighted by Crippen LogP contribution is -2.14. The Labute approximate surface area is 162 Å². The van der Waals surface area contributed by atoms with E-state index in [1.54, 1.807) is 6.07 Å². The Kier molecular flexibility index (Phi) is 4.09. The average molecular weight is 369 g/mol. The molecule has 0 unspecified atom stereocenters. The Balaban J connectivity index is 1.39. The van der Waals surface area contributed by atoms with Gasteiger partial charge in [0.15, 0.2) is 5.76 Å². The Morgan fingerprint density at radius 1 is 0.929 bits per heavy atom. The third-order valence-corrected chi connectivity index (χ3v) is 5.22. The second-order valence-electron chi connectivity index (χ2n) is 6.94. The summed E-state index contributed by atoms with van der Waals surface area (Å²) in [7, 11) is 0. The maximum Gasteiger partial charge on any atom is 0.291 e. The number of hydrogen-bond donors (Lipinski definition) is 1. The van der Waals surface area contributed by atoms with Crippen LogP contribution < -0.4 is 10.1 Å². The standard InChI is InChI=1S/C24H19NO3/c26-24(23-18(13-14-27-23)15-28-19-6-2-1-3-7-19)25-21-12-11-17-10-9-16-5-4-8-20(21)22(16)17/h1-8,11-14H,9-10,15H2,(H,25,26). The third kappa shape index (κ3) is 2.93. The van der Waals surface area contributed by atoms with Crippen LogP contribution in [0.25, 0.3) is 10.8 Å². The van der Waals surface area contributed by atoms with E-state index in [9.17, 15) is 4.79 Å². The molecule has 0 atom stereocenters. The van der Waals surface area contributed by atoms with E-state index in [0.29, 0.717) is 5.56 Å². The minimum atomic E-state index is -0.268. The second-order valence-corrected chi connectivity index (χ2v) is 6.94. The van der Waals surface area contributed by atoms with Gasteiger partial charge in [0.25, 0.3) is 5.91 Å². The number of carbonyl (C=O) groups excluding carboxylic acids is 1. The number of hydrogen-bond acceptors (Lipinski definition) is 3. The van der Waals surface area contributed by atoms with Crippen LogP contribution in [0.4, 0.5) is 5.69 Å². The van der Waals surface area contributed by atoms with Gasteiger partial charge >= 0.3 is 0 Å². The van der Waals surface area contributed by atoms with Crippen LogP contribution in [0.2, 0.25) is 0 Å². The van der Waals surface area contributed by atoms with Crippen molar-refractivity contribution >= 4 is 22.4 Å². The first kappa shape index (κ1) is 16.6. The van der Waals surface area contributed by atoms with Crippen molar-refractivity contribution in [3.8, 4) is 5.75 Å². The molecule has 3 aromatic carbocycles. The van der Waals surface area contributed by atoms with E-state index < -0.39 is 0 Å². The van der Waals surface area contributed by atoms with Gasteiger partial charge in [-0.2, -0.15) is 0 Å². The van der Waals surface area contributed by atoms with E-state index in [1.807, 2.05) is 36.4 Å². The first-order valence-electron chi connectivity index (χ1n) is 9.38. The fraction of sp³-hybridized carbons (Fsp3) is 0.125. The van der Waals surface area contributed by atoms with Gasteiger partial charge in [0.2, 0.25) is 0 Å². The zero-order valence-electron chi connectivity index (χ0n) is 15.3. The van der Waals surface area contributed by atoms with Crippen LogP contribution in [0.15, 0.2) is 77.4 Å². The lowest BCUT2D eigenvalue weighted by atomic mass is 10.0. The molecule has 5 rings (SSSR count). The Bertz CT molecular complexity index is 1150. The number of furan rings is 1. The summed E-state index contributed by atoms with van der Waals surface area (Å²) in [6.07, 6.45) is 3.64. The lowest BCUT2D eigenvalue weighted by Gasteiger charge is -2.11. The van der Waals surface area contributed by atoms with Crippen LogP contribution >= 0.6 is 0 Å². The molecule has 28 heavy (non-hydrogen) atoms. The van der Waals surface area contributed by atoms with Crippen LogP contribution in [0.5, 0.6) is 5.75 Å². The molecule has 4 aromatic rings. The van der Waals surface area contributed by atoms with E-state index in [2.05, 4.69) is 29.6 Å². The summed E-state index contributed by atoms with van der Waals surface area (Å²) in [5, 5.41) is 5.37. The molecule has 1 aliphatic carbocycles. The van der Waals surface area contributed by atoms with Crippen LogP contribution in [-0.4, -0.2) is 5.91 Å². The molecule has 0 fully saturated rings. The Hall–Kier alpha value is -3.53. The smallest absolute Gasteiger partial charge is 0.291 e. The molecular weight excluding hydrogens is 350 g/mol. The van der Waals surface area contributed by atoms with Crippen molar-refractivity contribution in [3.05, 3.63) is 95.4 Å². The number of aryl methyl sites for hydroxylation is 2. The summed E-state index contributed by atoms with van der Waals surface area (Å²) >= 11 is 0. The number of ether oxygens (including phenoxy) is 1. The van der Waals surface area contributed by atoms with Crippen LogP contribution in [0, 0.1) is 0 Å². The van der Waals surface area contributed by atoms with Gasteiger partial charge in [0.1, 0.15) is 12.4 Å². The van der Waals surface area contributed by atoms with Crippen LogP contribution in [0.3, 0.4) is 0 Å². The minimum Gasteiger partial charge on any atom is -0.489 e. The maximum absolute atomic E-state index is 12.9. The number of rotatable bonds is 5. The molecule has 0 aliphatic heterocycles. The van der Waals surface area contributed by atoms with Gasteiger partial charge in [-0.25, -0.2) is 0 Å². The number of benzene rings is 3. The van der Waals surface area contributed by atoms with Crippen molar-refractivity contribution in [1.82, 2.24) is 0 Å². The topological polar surface area (TPSA) is 51.5 Å². The highest BCUT2D eigenvalue weighted by atomic mass is 16.5. The second kappa shape index (κ2) is 6.89. The molecule has 1 amide bonds. The predicted molar refractivity (Wildman–Crippen MR) is 109 cm³/mol. The molecule has 0 spiro atoms. The van der Waals surface area contributed by atoms with Crippen molar-refractivity contribution in [2.24, 2.45) is 0 Å². The van der Waals surface area contributed by atoms with E-state index in [4.69, 9.17) is 9.15 Å². The van der Waals surface area contributed by atoms with Crippen molar-refractivity contribution in [2.45, 2.75) is 19.4 Å². The van der Waals surface area contributed by atoms with Crippen molar-refractivity contribution in [3.63, 3.8) is 0 Å². The van der Waals surface area contributed by atoms with Gasteiger partial charge in [0, 0.05) is 16.6 Å². The van der Waals surface area contributed by atoms with Crippen LogP contribution in [0.1, 0.15) is 27.2 Å². The largest absolute Gasteiger partial charge is 0.489 e. The number of anilines is 1. The summed E-state index contributed by atoms with van der Waals surface area (Å²) in [6, 6.07) is 21.6. The SMILES string of the molecule is O=C(Nc1ccc2c3c(cccc13)CC2)c1occc1COc1ccccc1. The first-order chi connectivity index (χ1) is 13.8. The van der Waals surface area contributed by atoms with Gasteiger partial charge in [-0.05, 0) is 53.6 Å². The zero-order chi connectivity index (χ0) is 18.9. The highest BCUT2D eigenvalue weighted by Crippen LogP contribution is 2.35. The molecule has 0 radical (unpaired) electrons. The predicted octanol–water partition coefficient (Wildman–Crippen LogP) is 5.36. The average Bonchev–Trinajstić information content (AvgIpc) is 3.37. The molecule has 0 bridgehead atoms. The number of para-hydroxylation sites is 1. The lowest BCUT2D eigenvalue weighted by molar-refractivity contribution is 0.0993. The first-order valence-corrected chi connectivity index (χ1v) is 9.38. The van der Waals surface area contributed by atoms with Crippen molar-refractivity contribution in [2.75, 3.05) is 5.32 Å². The highest BCUT2D eigenvalue weighted by Gasteiger charge is 2.20. The Morgan fingerprint density at radius 3 is 2.61 bits per heavy atom. The normalized spacial score (nSPS) is 12.3. The molecule has 4 nitrogen and oxygen atoms in total. The molecule has 0 saturated heterocycles. The summed E-state index contributed by atoms with van der Waals surface area (Å²) in [4.78, 5) is 12.9. The highest BCUT2D eigenvalue weighted by molar-refractivity contribution is 6.09.